The predicted octanol–water partition coefficient (Wildman–Crippen LogP) is 7.95. The van der Waals surface area contributed by atoms with Gasteiger partial charge in [-0.3, -0.25) is 0 Å². The zero-order chi connectivity index (χ0) is 21.4. The van der Waals surface area contributed by atoms with Crippen LogP contribution in [-0.2, 0) is 4.74 Å². The topological polar surface area (TPSA) is 36.9 Å². The second-order valence-corrected chi connectivity index (χ2v) is 9.66. The lowest BCUT2D eigenvalue weighted by Gasteiger charge is -2.21. The monoisotopic (exact) mass is 412 g/mol. The van der Waals surface area contributed by atoms with E-state index in [-0.39, 0.29) is 0 Å². The molecule has 0 aromatic heterocycles. The van der Waals surface area contributed by atoms with Crippen molar-refractivity contribution in [2.75, 3.05) is 19.8 Å². The fourth-order valence-electron chi connectivity index (χ4n) is 4.43. The average Bonchev–Trinajstić information content (AvgIpc) is 2.72. The number of quaternary nitrogens is 1. The largest absolute Gasteiger partial charge is 0.381 e. The van der Waals surface area contributed by atoms with Crippen molar-refractivity contribution in [1.29, 1.82) is 0 Å². The Balaban J connectivity index is 3.89. The van der Waals surface area contributed by atoms with Crippen LogP contribution in [0.25, 0.3) is 0 Å². The highest BCUT2D eigenvalue weighted by atomic mass is 16.5. The number of hydrogen-bond donors (Lipinski definition) is 1. The van der Waals surface area contributed by atoms with Crippen molar-refractivity contribution >= 4 is 0 Å². The van der Waals surface area contributed by atoms with Crippen LogP contribution in [0.15, 0.2) is 0 Å². The lowest BCUT2D eigenvalue weighted by molar-refractivity contribution is -0.369. The zero-order valence-electron chi connectivity index (χ0n) is 20.8. The molecule has 0 spiro atoms. The van der Waals surface area contributed by atoms with Crippen LogP contribution in [0.3, 0.4) is 0 Å². The summed E-state index contributed by atoms with van der Waals surface area (Å²) < 4.78 is 6.00. The van der Waals surface area contributed by atoms with Crippen molar-refractivity contribution in [2.24, 2.45) is 11.8 Å². The molecule has 3 N–H and O–H groups in total. The van der Waals surface area contributed by atoms with E-state index in [4.69, 9.17) is 4.74 Å². The first-order valence-electron chi connectivity index (χ1n) is 13.6. The highest BCUT2D eigenvalue weighted by Crippen LogP contribution is 2.24. The molecule has 0 amide bonds. The first-order chi connectivity index (χ1) is 14.2. The summed E-state index contributed by atoms with van der Waals surface area (Å²) >= 11 is 0. The second kappa shape index (κ2) is 24.2. The van der Waals surface area contributed by atoms with Crippen LogP contribution >= 0.6 is 0 Å². The number of hydrogen-bond acceptors (Lipinski definition) is 1. The first kappa shape index (κ1) is 28.9. The van der Waals surface area contributed by atoms with E-state index in [9.17, 15) is 0 Å². The summed E-state index contributed by atoms with van der Waals surface area (Å²) in [4.78, 5) is 0. The third-order valence-corrected chi connectivity index (χ3v) is 6.39. The number of ether oxygens (including phenoxy) is 1. The molecule has 0 radical (unpaired) electrons. The first-order valence-corrected chi connectivity index (χ1v) is 13.6. The van der Waals surface area contributed by atoms with Crippen LogP contribution in [-0.4, -0.2) is 19.8 Å². The minimum atomic E-state index is 0.777. The summed E-state index contributed by atoms with van der Waals surface area (Å²) in [6.45, 7) is 9.97. The highest BCUT2D eigenvalue weighted by Gasteiger charge is 2.14. The Kier molecular flexibility index (Phi) is 24.1. The van der Waals surface area contributed by atoms with Crippen molar-refractivity contribution < 1.29 is 10.5 Å². The molecule has 2 unspecified atom stereocenters. The highest BCUT2D eigenvalue weighted by molar-refractivity contribution is 4.65. The van der Waals surface area contributed by atoms with Crippen molar-refractivity contribution in [3.8, 4) is 0 Å². The van der Waals surface area contributed by atoms with E-state index < -0.39 is 0 Å². The smallest absolute Gasteiger partial charge is 0.0762 e. The maximum atomic E-state index is 6.00. The van der Waals surface area contributed by atoms with Gasteiger partial charge in [-0.1, -0.05) is 124 Å². The Morgan fingerprint density at radius 3 is 1.62 bits per heavy atom. The van der Waals surface area contributed by atoms with Crippen LogP contribution in [0.2, 0.25) is 0 Å². The predicted molar refractivity (Wildman–Crippen MR) is 130 cm³/mol. The fourth-order valence-corrected chi connectivity index (χ4v) is 4.43. The molecule has 0 saturated carbocycles. The summed E-state index contributed by atoms with van der Waals surface area (Å²) in [5.41, 5.74) is 3.93. The number of rotatable bonds is 24. The lowest BCUT2D eigenvalue weighted by Crippen LogP contribution is -2.50. The van der Waals surface area contributed by atoms with E-state index in [0.29, 0.717) is 0 Å². The molecule has 176 valence electrons. The van der Waals surface area contributed by atoms with Gasteiger partial charge in [0, 0.05) is 13.0 Å². The maximum absolute atomic E-state index is 6.00. The van der Waals surface area contributed by atoms with Crippen molar-refractivity contribution in [3.05, 3.63) is 0 Å². The standard InChI is InChI=1S/C27H57NO/c1-4-6-8-10-12-14-16-18-21-27(25-29-23-19-22-28)24-26(3)20-17-15-13-11-9-7-5-2/h26-27H,4-25,28H2,1-3H3/p+1. The Morgan fingerprint density at radius 1 is 0.621 bits per heavy atom. The molecule has 0 heterocycles. The van der Waals surface area contributed by atoms with Gasteiger partial charge in [0.1, 0.15) is 0 Å². The zero-order valence-corrected chi connectivity index (χ0v) is 20.8. The molecule has 0 aromatic rings. The van der Waals surface area contributed by atoms with Gasteiger partial charge in [0.05, 0.1) is 13.2 Å². The maximum Gasteiger partial charge on any atom is 0.0762 e. The van der Waals surface area contributed by atoms with Crippen molar-refractivity contribution in [1.82, 2.24) is 0 Å². The van der Waals surface area contributed by atoms with Crippen molar-refractivity contribution in [3.63, 3.8) is 0 Å². The Labute approximate surface area is 185 Å². The SMILES string of the molecule is CCCCCCCCCCC(COCCC[NH3+])CC(C)CCCCCCCCC. The molecule has 2 atom stereocenters. The summed E-state index contributed by atoms with van der Waals surface area (Å²) in [6.07, 6.45) is 26.6. The Hall–Kier alpha value is -0.0800. The van der Waals surface area contributed by atoms with Crippen LogP contribution in [0, 0.1) is 11.8 Å². The molecule has 29 heavy (non-hydrogen) atoms. The Bertz CT molecular complexity index is 294. The summed E-state index contributed by atoms with van der Waals surface area (Å²) in [5.74, 6) is 1.64. The van der Waals surface area contributed by atoms with E-state index in [1.165, 1.54) is 116 Å². The molecule has 0 aliphatic rings. The van der Waals surface area contributed by atoms with E-state index in [2.05, 4.69) is 26.5 Å². The second-order valence-electron chi connectivity index (χ2n) is 9.66. The average molecular weight is 413 g/mol. The molecule has 0 aromatic carbocycles. The molecule has 2 heteroatoms. The van der Waals surface area contributed by atoms with Gasteiger partial charge in [-0.05, 0) is 24.7 Å². The van der Waals surface area contributed by atoms with Gasteiger partial charge in [-0.2, -0.15) is 0 Å². The summed E-state index contributed by atoms with van der Waals surface area (Å²) in [5, 5.41) is 0. The molecule has 0 aliphatic carbocycles. The van der Waals surface area contributed by atoms with Gasteiger partial charge in [0.2, 0.25) is 0 Å². The van der Waals surface area contributed by atoms with Gasteiger partial charge in [-0.15, -0.1) is 0 Å². The molecule has 0 saturated heterocycles. The minimum Gasteiger partial charge on any atom is -0.381 e. The van der Waals surface area contributed by atoms with Gasteiger partial charge < -0.3 is 10.5 Å². The molecule has 0 bridgehead atoms. The van der Waals surface area contributed by atoms with Gasteiger partial charge in [-0.25, -0.2) is 0 Å². The quantitative estimate of drug-likeness (QED) is 0.160. The third-order valence-electron chi connectivity index (χ3n) is 6.39. The van der Waals surface area contributed by atoms with Crippen LogP contribution in [0.4, 0.5) is 0 Å². The molecule has 0 rings (SSSR count). The fraction of sp³-hybridized carbons (Fsp3) is 1.00. The van der Waals surface area contributed by atoms with E-state index >= 15 is 0 Å². The van der Waals surface area contributed by atoms with Crippen LogP contribution in [0.1, 0.15) is 143 Å². The van der Waals surface area contributed by atoms with Crippen LogP contribution in [0.5, 0.6) is 0 Å². The molecule has 0 aliphatic heterocycles. The molecular formula is C27H58NO+. The van der Waals surface area contributed by atoms with Crippen LogP contribution < -0.4 is 5.73 Å². The third kappa shape index (κ3) is 22.4. The van der Waals surface area contributed by atoms with Gasteiger partial charge >= 0.3 is 0 Å². The van der Waals surface area contributed by atoms with Gasteiger partial charge in [0.15, 0.2) is 0 Å². The molecule has 0 fully saturated rings. The minimum absolute atomic E-state index is 0.777. The van der Waals surface area contributed by atoms with Gasteiger partial charge in [0.25, 0.3) is 0 Å². The normalized spacial score (nSPS) is 13.7. The Morgan fingerprint density at radius 2 is 1.10 bits per heavy atom. The number of unbranched alkanes of at least 4 members (excludes halogenated alkanes) is 13. The van der Waals surface area contributed by atoms with E-state index in [0.717, 1.165) is 38.0 Å². The summed E-state index contributed by atoms with van der Waals surface area (Å²) in [7, 11) is 0. The lowest BCUT2D eigenvalue weighted by atomic mass is 9.88. The van der Waals surface area contributed by atoms with Crippen molar-refractivity contribution in [2.45, 2.75) is 143 Å². The summed E-state index contributed by atoms with van der Waals surface area (Å²) in [6, 6.07) is 0. The van der Waals surface area contributed by atoms with E-state index in [1.807, 2.05) is 0 Å². The molecular weight excluding hydrogens is 354 g/mol. The van der Waals surface area contributed by atoms with E-state index in [1.54, 1.807) is 0 Å². The molecule has 2 nitrogen and oxygen atoms in total.